The summed E-state index contributed by atoms with van der Waals surface area (Å²) < 4.78 is 39.6. The fourth-order valence-electron chi connectivity index (χ4n) is 2.64. The monoisotopic (exact) mass is 440 g/mol. The van der Waals surface area contributed by atoms with Crippen LogP contribution < -0.4 is 4.90 Å². The second kappa shape index (κ2) is 8.46. The van der Waals surface area contributed by atoms with Gasteiger partial charge in [-0.2, -0.15) is 30.9 Å². The molecule has 0 aliphatic carbocycles. The van der Waals surface area contributed by atoms with Crippen molar-refractivity contribution in [2.24, 2.45) is 0 Å². The molecule has 0 radical (unpaired) electrons. The number of rotatable bonds is 5. The number of carbonyl (C=O) groups is 1. The molecule has 0 aliphatic heterocycles. The molecule has 0 bridgehead atoms. The van der Waals surface area contributed by atoms with E-state index in [4.69, 9.17) is 11.6 Å². The van der Waals surface area contributed by atoms with E-state index in [1.807, 2.05) is 0 Å². The Bertz CT molecular complexity index is 993. The number of benzene rings is 1. The van der Waals surface area contributed by atoms with Gasteiger partial charge >= 0.3 is 6.18 Å². The third-order valence-corrected chi connectivity index (χ3v) is 5.04. The van der Waals surface area contributed by atoms with Crippen LogP contribution in [0, 0.1) is 0 Å². The third kappa shape index (κ3) is 4.91. The summed E-state index contributed by atoms with van der Waals surface area (Å²) in [5.74, 6) is -0.308. The summed E-state index contributed by atoms with van der Waals surface area (Å²) in [6, 6.07) is 8.12. The van der Waals surface area contributed by atoms with Crippen LogP contribution in [0.15, 0.2) is 55.0 Å². The van der Waals surface area contributed by atoms with Gasteiger partial charge in [-0.1, -0.05) is 23.7 Å². The predicted molar refractivity (Wildman–Crippen MR) is 108 cm³/mol. The second-order valence-electron chi connectivity index (χ2n) is 6.25. The van der Waals surface area contributed by atoms with Gasteiger partial charge in [0.1, 0.15) is 5.69 Å². The molecule has 5 nitrogen and oxygen atoms in total. The highest BCUT2D eigenvalue weighted by Gasteiger charge is 2.30. The van der Waals surface area contributed by atoms with Crippen LogP contribution in [0.3, 0.4) is 0 Å². The molecule has 0 saturated carbocycles. The maximum absolute atomic E-state index is 12.7. The van der Waals surface area contributed by atoms with Gasteiger partial charge in [0.05, 0.1) is 23.6 Å². The van der Waals surface area contributed by atoms with Crippen molar-refractivity contribution in [2.75, 3.05) is 11.9 Å². The molecular formula is C19H16ClF3N4OS. The Balaban J connectivity index is 1.71. The van der Waals surface area contributed by atoms with E-state index in [0.717, 1.165) is 12.1 Å². The first kappa shape index (κ1) is 21.2. The summed E-state index contributed by atoms with van der Waals surface area (Å²) in [5.41, 5.74) is 0.840. The molecule has 0 spiro atoms. The molecule has 0 fully saturated rings. The van der Waals surface area contributed by atoms with Crippen LogP contribution in [0.5, 0.6) is 0 Å². The molecule has 29 heavy (non-hydrogen) atoms. The molecule has 0 N–H and O–H groups in total. The van der Waals surface area contributed by atoms with Gasteiger partial charge in [0.2, 0.25) is 5.91 Å². The van der Waals surface area contributed by atoms with Crippen LogP contribution in [-0.4, -0.2) is 27.7 Å². The Hall–Kier alpha value is -2.52. The quantitative estimate of drug-likeness (QED) is 0.570. The Morgan fingerprint density at radius 3 is 2.55 bits per heavy atom. The fourth-order valence-corrected chi connectivity index (χ4v) is 3.22. The molecule has 2 aromatic heterocycles. The summed E-state index contributed by atoms with van der Waals surface area (Å²) in [4.78, 5) is 18.0. The van der Waals surface area contributed by atoms with Crippen molar-refractivity contribution in [3.05, 3.63) is 71.3 Å². The number of halogens is 4. The highest BCUT2D eigenvalue weighted by Crippen LogP contribution is 2.32. The standard InChI is InChI=1S/C19H16ClF3N4OS/c1-26(15-11-27(25-18(15)20)14-3-2-8-24-10-14)17(28)9-16(29)12-4-6-13(7-5-12)19(21,22)23/h2-8,10-11,16,29H,9H2,1H3. The number of hydrogen-bond donors (Lipinski definition) is 1. The lowest BCUT2D eigenvalue weighted by Gasteiger charge is -2.18. The molecule has 0 aliphatic rings. The summed E-state index contributed by atoms with van der Waals surface area (Å²) in [7, 11) is 1.55. The maximum atomic E-state index is 12.7. The van der Waals surface area contributed by atoms with Gasteiger partial charge in [0, 0.05) is 24.9 Å². The fraction of sp³-hybridized carbons (Fsp3) is 0.211. The Kier molecular flexibility index (Phi) is 6.18. The molecule has 3 aromatic rings. The van der Waals surface area contributed by atoms with Crippen molar-refractivity contribution >= 4 is 35.8 Å². The number of thiol groups is 1. The van der Waals surface area contributed by atoms with E-state index >= 15 is 0 Å². The van der Waals surface area contributed by atoms with Crippen LogP contribution in [0.2, 0.25) is 5.15 Å². The molecule has 2 heterocycles. The van der Waals surface area contributed by atoms with E-state index in [1.165, 1.54) is 21.7 Å². The van der Waals surface area contributed by atoms with E-state index < -0.39 is 17.0 Å². The normalized spacial score (nSPS) is 12.6. The van der Waals surface area contributed by atoms with Crippen molar-refractivity contribution in [1.82, 2.24) is 14.8 Å². The Labute approximate surface area is 175 Å². The van der Waals surface area contributed by atoms with E-state index in [0.29, 0.717) is 16.9 Å². The van der Waals surface area contributed by atoms with Crippen molar-refractivity contribution in [2.45, 2.75) is 17.8 Å². The number of hydrogen-bond acceptors (Lipinski definition) is 4. The highest BCUT2D eigenvalue weighted by atomic mass is 35.5. The Morgan fingerprint density at radius 1 is 1.28 bits per heavy atom. The summed E-state index contributed by atoms with van der Waals surface area (Å²) in [5, 5.41) is 3.74. The summed E-state index contributed by atoms with van der Waals surface area (Å²) in [6.45, 7) is 0. The van der Waals surface area contributed by atoms with Crippen LogP contribution >= 0.6 is 24.2 Å². The topological polar surface area (TPSA) is 51.0 Å². The van der Waals surface area contributed by atoms with Crippen LogP contribution in [0.4, 0.5) is 18.9 Å². The number of carbonyl (C=O) groups excluding carboxylic acids is 1. The molecule has 1 amide bonds. The molecule has 3 rings (SSSR count). The molecular weight excluding hydrogens is 425 g/mol. The number of alkyl halides is 3. The van der Waals surface area contributed by atoms with Crippen molar-refractivity contribution in [3.63, 3.8) is 0 Å². The largest absolute Gasteiger partial charge is 0.416 e. The minimum atomic E-state index is -4.41. The van der Waals surface area contributed by atoms with Crippen LogP contribution in [0.25, 0.3) is 5.69 Å². The zero-order valence-corrected chi connectivity index (χ0v) is 16.8. The molecule has 0 saturated heterocycles. The van der Waals surface area contributed by atoms with Gasteiger partial charge in [0.15, 0.2) is 5.15 Å². The zero-order chi connectivity index (χ0) is 21.2. The first-order valence-electron chi connectivity index (χ1n) is 8.44. The average molecular weight is 441 g/mol. The zero-order valence-electron chi connectivity index (χ0n) is 15.1. The van der Waals surface area contributed by atoms with Gasteiger partial charge in [-0.05, 0) is 29.8 Å². The number of anilines is 1. The van der Waals surface area contributed by atoms with Crippen molar-refractivity contribution in [1.29, 1.82) is 0 Å². The van der Waals surface area contributed by atoms with Gasteiger partial charge in [-0.3, -0.25) is 9.78 Å². The van der Waals surface area contributed by atoms with E-state index in [1.54, 1.807) is 37.8 Å². The number of nitrogens with zero attached hydrogens (tertiary/aromatic N) is 4. The minimum absolute atomic E-state index is 0.0284. The Morgan fingerprint density at radius 2 is 1.97 bits per heavy atom. The summed E-state index contributed by atoms with van der Waals surface area (Å²) >= 11 is 10.5. The van der Waals surface area contributed by atoms with Gasteiger partial charge in [-0.15, -0.1) is 0 Å². The van der Waals surface area contributed by atoms with E-state index in [9.17, 15) is 18.0 Å². The lowest BCUT2D eigenvalue weighted by Crippen LogP contribution is -2.27. The number of pyridine rings is 1. The lowest BCUT2D eigenvalue weighted by molar-refractivity contribution is -0.137. The molecule has 10 heteroatoms. The van der Waals surface area contributed by atoms with Crippen molar-refractivity contribution in [3.8, 4) is 5.69 Å². The molecule has 1 atom stereocenters. The van der Waals surface area contributed by atoms with Crippen LogP contribution in [-0.2, 0) is 11.0 Å². The van der Waals surface area contributed by atoms with Gasteiger partial charge in [-0.25, -0.2) is 4.68 Å². The first-order valence-corrected chi connectivity index (χ1v) is 9.33. The maximum Gasteiger partial charge on any atom is 0.416 e. The number of amides is 1. The summed E-state index contributed by atoms with van der Waals surface area (Å²) in [6.07, 6.45) is 0.386. The smallest absolute Gasteiger partial charge is 0.311 e. The van der Waals surface area contributed by atoms with E-state index in [2.05, 4.69) is 22.7 Å². The molecule has 1 unspecified atom stereocenters. The first-order chi connectivity index (χ1) is 13.7. The predicted octanol–water partition coefficient (Wildman–Crippen LogP) is 4.96. The highest BCUT2D eigenvalue weighted by molar-refractivity contribution is 7.80. The molecule has 1 aromatic carbocycles. The number of aromatic nitrogens is 3. The SMILES string of the molecule is CN(C(=O)CC(S)c1ccc(C(F)(F)F)cc1)c1cn(-c2cccnc2)nc1Cl. The minimum Gasteiger partial charge on any atom is -0.311 e. The van der Waals surface area contributed by atoms with Gasteiger partial charge < -0.3 is 4.90 Å². The average Bonchev–Trinajstić information content (AvgIpc) is 3.09. The second-order valence-corrected chi connectivity index (χ2v) is 7.23. The van der Waals surface area contributed by atoms with Crippen LogP contribution in [0.1, 0.15) is 22.8 Å². The van der Waals surface area contributed by atoms with Crippen molar-refractivity contribution < 1.29 is 18.0 Å². The van der Waals surface area contributed by atoms with E-state index in [-0.39, 0.29) is 17.5 Å². The van der Waals surface area contributed by atoms with Gasteiger partial charge in [0.25, 0.3) is 0 Å². The molecule has 152 valence electrons. The third-order valence-electron chi connectivity index (χ3n) is 4.29. The lowest BCUT2D eigenvalue weighted by atomic mass is 10.1.